The van der Waals surface area contributed by atoms with E-state index in [1.807, 2.05) is 24.3 Å². The summed E-state index contributed by atoms with van der Waals surface area (Å²) in [5, 5.41) is 7.06. The lowest BCUT2D eigenvalue weighted by molar-refractivity contribution is 0.0946. The van der Waals surface area contributed by atoms with Crippen molar-refractivity contribution in [2.45, 2.75) is 6.54 Å². The number of thiazole rings is 1. The number of hydrogen-bond donors (Lipinski definition) is 2. The molecule has 0 aliphatic carbocycles. The number of hydrogen-bond acceptors (Lipinski definition) is 5. The van der Waals surface area contributed by atoms with E-state index < -0.39 is 0 Å². The molecule has 2 aromatic rings. The fourth-order valence-electron chi connectivity index (χ4n) is 1.61. The van der Waals surface area contributed by atoms with Crippen LogP contribution in [0.1, 0.15) is 25.9 Å². The Hall–Kier alpha value is -2.41. The Morgan fingerprint density at radius 1 is 1.24 bits per heavy atom. The molecule has 2 N–H and O–H groups in total. The maximum absolute atomic E-state index is 11.9. The number of nitrogens with one attached hydrogen (secondary N) is 2. The minimum absolute atomic E-state index is 0.243. The predicted octanol–water partition coefficient (Wildman–Crippen LogP) is 1.44. The van der Waals surface area contributed by atoms with E-state index in [1.165, 1.54) is 7.05 Å². The van der Waals surface area contributed by atoms with Crippen molar-refractivity contribution in [3.05, 3.63) is 45.9 Å². The summed E-state index contributed by atoms with van der Waals surface area (Å²) in [4.78, 5) is 27.3. The van der Waals surface area contributed by atoms with Crippen molar-refractivity contribution >= 4 is 23.2 Å². The van der Waals surface area contributed by atoms with Crippen molar-refractivity contribution in [2.75, 3.05) is 14.2 Å². The van der Waals surface area contributed by atoms with Crippen LogP contribution < -0.4 is 15.4 Å². The van der Waals surface area contributed by atoms with E-state index in [0.29, 0.717) is 6.54 Å². The van der Waals surface area contributed by atoms with Gasteiger partial charge in [-0.2, -0.15) is 0 Å². The van der Waals surface area contributed by atoms with Crippen LogP contribution in [-0.4, -0.2) is 31.0 Å². The zero-order valence-corrected chi connectivity index (χ0v) is 12.5. The van der Waals surface area contributed by atoms with Gasteiger partial charge >= 0.3 is 0 Å². The summed E-state index contributed by atoms with van der Waals surface area (Å²) >= 11 is 1.14. The molecule has 2 rings (SSSR count). The standard InChI is InChI=1S/C14H15N3O3S/c1-15-13(19)14-17-11(8-21-14)12(18)16-7-9-3-5-10(20-2)6-4-9/h3-6,8H,7H2,1-2H3,(H,15,19)(H,16,18). The molecule has 1 aromatic heterocycles. The van der Waals surface area contributed by atoms with Gasteiger partial charge in [-0.15, -0.1) is 11.3 Å². The van der Waals surface area contributed by atoms with Gasteiger partial charge in [-0.25, -0.2) is 4.98 Å². The summed E-state index contributed by atoms with van der Waals surface area (Å²) in [5.41, 5.74) is 1.19. The molecule has 1 heterocycles. The lowest BCUT2D eigenvalue weighted by atomic mass is 10.2. The van der Waals surface area contributed by atoms with Gasteiger partial charge in [0.05, 0.1) is 7.11 Å². The molecule has 0 bridgehead atoms. The lowest BCUT2D eigenvalue weighted by Crippen LogP contribution is -2.24. The number of carbonyl (C=O) groups excluding carboxylic acids is 2. The van der Waals surface area contributed by atoms with Crippen LogP contribution in [0.25, 0.3) is 0 Å². The summed E-state index contributed by atoms with van der Waals surface area (Å²) in [6.45, 7) is 0.385. The molecule has 0 saturated carbocycles. The summed E-state index contributed by atoms with van der Waals surface area (Å²) in [6, 6.07) is 7.40. The number of methoxy groups -OCH3 is 1. The number of nitrogens with zero attached hydrogens (tertiary/aromatic N) is 1. The quantitative estimate of drug-likeness (QED) is 0.876. The number of aromatic nitrogens is 1. The Kier molecular flexibility index (Phi) is 4.89. The van der Waals surface area contributed by atoms with Crippen LogP contribution >= 0.6 is 11.3 Å². The van der Waals surface area contributed by atoms with Gasteiger partial charge in [-0.05, 0) is 17.7 Å². The molecule has 1 aromatic carbocycles. The number of rotatable bonds is 5. The van der Waals surface area contributed by atoms with E-state index in [0.717, 1.165) is 22.6 Å². The zero-order chi connectivity index (χ0) is 15.2. The van der Waals surface area contributed by atoms with Crippen molar-refractivity contribution in [1.29, 1.82) is 0 Å². The van der Waals surface area contributed by atoms with Crippen molar-refractivity contribution in [3.8, 4) is 5.75 Å². The van der Waals surface area contributed by atoms with Crippen LogP contribution in [0, 0.1) is 0 Å². The van der Waals surface area contributed by atoms with Gasteiger partial charge < -0.3 is 15.4 Å². The molecule has 21 heavy (non-hydrogen) atoms. The third-order valence-electron chi connectivity index (χ3n) is 2.77. The highest BCUT2D eigenvalue weighted by atomic mass is 32.1. The first-order valence-electron chi connectivity index (χ1n) is 6.22. The van der Waals surface area contributed by atoms with Crippen LogP contribution in [0.4, 0.5) is 0 Å². The molecule has 0 spiro atoms. The Morgan fingerprint density at radius 3 is 2.57 bits per heavy atom. The van der Waals surface area contributed by atoms with Crippen LogP contribution in [0.2, 0.25) is 0 Å². The molecule has 0 unspecified atom stereocenters. The largest absolute Gasteiger partial charge is 0.497 e. The smallest absolute Gasteiger partial charge is 0.280 e. The third kappa shape index (κ3) is 3.79. The van der Waals surface area contributed by atoms with Gasteiger partial charge in [0.25, 0.3) is 11.8 Å². The van der Waals surface area contributed by atoms with E-state index in [-0.39, 0.29) is 22.5 Å². The molecular formula is C14H15N3O3S. The van der Waals surface area contributed by atoms with Crippen molar-refractivity contribution < 1.29 is 14.3 Å². The second-order valence-corrected chi connectivity index (χ2v) is 5.01. The highest BCUT2D eigenvalue weighted by molar-refractivity contribution is 7.11. The monoisotopic (exact) mass is 305 g/mol. The summed E-state index contributed by atoms with van der Waals surface area (Å²) in [6.07, 6.45) is 0. The summed E-state index contributed by atoms with van der Waals surface area (Å²) < 4.78 is 5.07. The predicted molar refractivity (Wildman–Crippen MR) is 79.7 cm³/mol. The average Bonchev–Trinajstić information content (AvgIpc) is 3.02. The molecule has 0 fully saturated rings. The van der Waals surface area contributed by atoms with Gasteiger partial charge in [0.15, 0.2) is 5.01 Å². The van der Waals surface area contributed by atoms with Crippen molar-refractivity contribution in [3.63, 3.8) is 0 Å². The average molecular weight is 305 g/mol. The fourth-order valence-corrected chi connectivity index (χ4v) is 2.35. The number of benzene rings is 1. The molecule has 0 aliphatic rings. The minimum atomic E-state index is -0.308. The third-order valence-corrected chi connectivity index (χ3v) is 3.61. The molecular weight excluding hydrogens is 290 g/mol. The zero-order valence-electron chi connectivity index (χ0n) is 11.7. The molecule has 0 aliphatic heterocycles. The lowest BCUT2D eigenvalue weighted by Gasteiger charge is -2.04. The van der Waals surface area contributed by atoms with Crippen LogP contribution in [0.15, 0.2) is 29.6 Å². The molecule has 2 amide bonds. The first-order chi connectivity index (χ1) is 10.1. The molecule has 0 saturated heterocycles. The minimum Gasteiger partial charge on any atom is -0.497 e. The summed E-state index contributed by atoms with van der Waals surface area (Å²) in [7, 11) is 3.12. The highest BCUT2D eigenvalue weighted by Gasteiger charge is 2.14. The normalized spacial score (nSPS) is 10.0. The number of carbonyl (C=O) groups is 2. The van der Waals surface area contributed by atoms with Gasteiger partial charge in [0.1, 0.15) is 11.4 Å². The van der Waals surface area contributed by atoms with Gasteiger partial charge in [-0.3, -0.25) is 9.59 Å². The Bertz CT molecular complexity index is 637. The topological polar surface area (TPSA) is 80.3 Å². The first kappa shape index (κ1) is 15.0. The second kappa shape index (κ2) is 6.85. The highest BCUT2D eigenvalue weighted by Crippen LogP contribution is 2.12. The van der Waals surface area contributed by atoms with E-state index in [9.17, 15) is 9.59 Å². The van der Waals surface area contributed by atoms with Gasteiger partial charge in [0.2, 0.25) is 0 Å². The molecule has 6 nitrogen and oxygen atoms in total. The Labute approximate surface area is 126 Å². The van der Waals surface area contributed by atoms with Crippen molar-refractivity contribution in [2.24, 2.45) is 0 Å². The number of ether oxygens (including phenoxy) is 1. The van der Waals surface area contributed by atoms with E-state index >= 15 is 0 Å². The number of amides is 2. The van der Waals surface area contributed by atoms with E-state index in [4.69, 9.17) is 4.74 Å². The molecule has 110 valence electrons. The SMILES string of the molecule is CNC(=O)c1nc(C(=O)NCc2ccc(OC)cc2)cs1. The second-order valence-electron chi connectivity index (χ2n) is 4.15. The first-order valence-corrected chi connectivity index (χ1v) is 7.10. The van der Waals surface area contributed by atoms with Crippen molar-refractivity contribution in [1.82, 2.24) is 15.6 Å². The van der Waals surface area contributed by atoms with Gasteiger partial charge in [0, 0.05) is 19.0 Å². The van der Waals surface area contributed by atoms with E-state index in [1.54, 1.807) is 12.5 Å². The fraction of sp³-hybridized carbons (Fsp3) is 0.214. The Morgan fingerprint density at radius 2 is 1.95 bits per heavy atom. The van der Waals surface area contributed by atoms with Crippen LogP contribution in [-0.2, 0) is 6.54 Å². The van der Waals surface area contributed by atoms with Gasteiger partial charge in [-0.1, -0.05) is 12.1 Å². The Balaban J connectivity index is 1.94. The van der Waals surface area contributed by atoms with Crippen LogP contribution in [0.5, 0.6) is 5.75 Å². The maximum Gasteiger partial charge on any atom is 0.280 e. The maximum atomic E-state index is 11.9. The summed E-state index contributed by atoms with van der Waals surface area (Å²) in [5.74, 6) is 0.159. The molecule has 7 heteroatoms. The van der Waals surface area contributed by atoms with E-state index in [2.05, 4.69) is 15.6 Å². The molecule has 0 radical (unpaired) electrons. The molecule has 0 atom stereocenters. The van der Waals surface area contributed by atoms with Crippen LogP contribution in [0.3, 0.4) is 0 Å².